The standard InChI is InChI=1S/C24H24FN7O3/c1-5-27-24(34)30-22-20(15-7-6-10-26-12-15)29-21-14(2)28-18(13-32(21)22)23(33)31(3)16-8-9-17(25)19(11-16)35-4/h6-13H,5H2,1-4H3,(H2,27,30,34). The van der Waals surface area contributed by atoms with Crippen molar-refractivity contribution >= 4 is 29.1 Å². The molecule has 11 heteroatoms. The number of aromatic nitrogens is 4. The van der Waals surface area contributed by atoms with Crippen molar-refractivity contribution in [3.63, 3.8) is 0 Å². The summed E-state index contributed by atoms with van der Waals surface area (Å²) in [6.45, 7) is 3.96. The zero-order valence-electron chi connectivity index (χ0n) is 19.7. The number of carbonyl (C=O) groups excluding carboxylic acids is 2. The molecule has 4 rings (SSSR count). The van der Waals surface area contributed by atoms with Gasteiger partial charge in [0.25, 0.3) is 5.91 Å². The van der Waals surface area contributed by atoms with Gasteiger partial charge in [-0.1, -0.05) is 0 Å². The molecule has 0 aliphatic heterocycles. The maximum atomic E-state index is 13.8. The summed E-state index contributed by atoms with van der Waals surface area (Å²) in [4.78, 5) is 40.3. The Morgan fingerprint density at radius 3 is 2.71 bits per heavy atom. The van der Waals surface area contributed by atoms with E-state index in [1.54, 1.807) is 43.8 Å². The molecule has 4 aromatic rings. The van der Waals surface area contributed by atoms with Gasteiger partial charge in [-0.15, -0.1) is 0 Å². The number of benzene rings is 1. The molecule has 0 aliphatic carbocycles. The Morgan fingerprint density at radius 1 is 1.23 bits per heavy atom. The fraction of sp³-hybridized carbons (Fsp3) is 0.208. The topological polar surface area (TPSA) is 114 Å². The lowest BCUT2D eigenvalue weighted by molar-refractivity contribution is 0.0987. The van der Waals surface area contributed by atoms with E-state index in [4.69, 9.17) is 4.74 Å². The fourth-order valence-electron chi connectivity index (χ4n) is 3.58. The third-order valence-corrected chi connectivity index (χ3v) is 5.32. The van der Waals surface area contributed by atoms with Crippen LogP contribution in [0.1, 0.15) is 23.1 Å². The minimum absolute atomic E-state index is 0.0193. The van der Waals surface area contributed by atoms with E-state index in [2.05, 4.69) is 25.6 Å². The molecule has 2 N–H and O–H groups in total. The lowest BCUT2D eigenvalue weighted by Gasteiger charge is -2.18. The van der Waals surface area contributed by atoms with Gasteiger partial charge in [-0.3, -0.25) is 19.5 Å². The maximum Gasteiger partial charge on any atom is 0.320 e. The number of pyridine rings is 1. The van der Waals surface area contributed by atoms with Crippen LogP contribution in [0.4, 0.5) is 20.7 Å². The number of amides is 3. The second-order valence-corrected chi connectivity index (χ2v) is 7.62. The van der Waals surface area contributed by atoms with E-state index >= 15 is 0 Å². The lowest BCUT2D eigenvalue weighted by Crippen LogP contribution is -2.29. The third-order valence-electron chi connectivity index (χ3n) is 5.32. The van der Waals surface area contributed by atoms with E-state index < -0.39 is 17.8 Å². The van der Waals surface area contributed by atoms with Gasteiger partial charge in [0.15, 0.2) is 17.2 Å². The van der Waals surface area contributed by atoms with Gasteiger partial charge in [0.05, 0.1) is 12.8 Å². The molecular weight excluding hydrogens is 453 g/mol. The molecule has 0 fully saturated rings. The number of methoxy groups -OCH3 is 1. The molecule has 10 nitrogen and oxygen atoms in total. The number of hydrogen-bond acceptors (Lipinski definition) is 6. The van der Waals surface area contributed by atoms with Crippen LogP contribution < -0.4 is 20.3 Å². The summed E-state index contributed by atoms with van der Waals surface area (Å²) in [5, 5.41) is 5.51. The molecule has 0 unspecified atom stereocenters. The summed E-state index contributed by atoms with van der Waals surface area (Å²) in [6, 6.07) is 7.30. The average molecular weight is 478 g/mol. The number of nitrogens with zero attached hydrogens (tertiary/aromatic N) is 5. The van der Waals surface area contributed by atoms with E-state index in [-0.39, 0.29) is 11.4 Å². The molecule has 0 spiro atoms. The number of rotatable bonds is 6. The van der Waals surface area contributed by atoms with Crippen LogP contribution in [-0.2, 0) is 0 Å². The van der Waals surface area contributed by atoms with Crippen LogP contribution in [0, 0.1) is 12.7 Å². The first kappa shape index (κ1) is 23.6. The highest BCUT2D eigenvalue weighted by Crippen LogP contribution is 2.30. The number of urea groups is 1. The number of ether oxygens (including phenoxy) is 1. The van der Waals surface area contributed by atoms with E-state index in [1.807, 2.05) is 6.07 Å². The van der Waals surface area contributed by atoms with E-state index in [0.29, 0.717) is 40.6 Å². The first-order chi connectivity index (χ1) is 16.8. The number of carbonyl (C=O) groups is 2. The van der Waals surface area contributed by atoms with Crippen LogP contribution in [0.5, 0.6) is 5.75 Å². The van der Waals surface area contributed by atoms with Gasteiger partial charge < -0.3 is 15.0 Å². The predicted molar refractivity (Wildman–Crippen MR) is 129 cm³/mol. The lowest BCUT2D eigenvalue weighted by atomic mass is 10.2. The van der Waals surface area contributed by atoms with Gasteiger partial charge in [-0.05, 0) is 38.1 Å². The normalized spacial score (nSPS) is 10.8. The zero-order chi connectivity index (χ0) is 25.1. The van der Waals surface area contributed by atoms with Crippen molar-refractivity contribution in [2.75, 3.05) is 30.9 Å². The van der Waals surface area contributed by atoms with E-state index in [1.165, 1.54) is 36.4 Å². The molecule has 0 bridgehead atoms. The van der Waals surface area contributed by atoms with Crippen LogP contribution in [0.2, 0.25) is 0 Å². The predicted octanol–water partition coefficient (Wildman–Crippen LogP) is 3.67. The zero-order valence-corrected chi connectivity index (χ0v) is 19.7. The van der Waals surface area contributed by atoms with Crippen LogP contribution in [0.15, 0.2) is 48.9 Å². The average Bonchev–Trinajstić information content (AvgIpc) is 3.22. The van der Waals surface area contributed by atoms with Crippen molar-refractivity contribution in [1.82, 2.24) is 24.7 Å². The number of aryl methyl sites for hydroxylation is 1. The second kappa shape index (κ2) is 9.75. The quantitative estimate of drug-likeness (QED) is 0.438. The molecule has 0 atom stereocenters. The van der Waals surface area contributed by atoms with E-state index in [9.17, 15) is 14.0 Å². The van der Waals surface area contributed by atoms with Crippen LogP contribution in [0.3, 0.4) is 0 Å². The van der Waals surface area contributed by atoms with Crippen molar-refractivity contribution in [1.29, 1.82) is 0 Å². The van der Waals surface area contributed by atoms with Gasteiger partial charge in [-0.25, -0.2) is 19.2 Å². The molecular formula is C24H24FN7O3. The molecule has 0 saturated heterocycles. The van der Waals surface area contributed by atoms with Crippen molar-refractivity contribution in [3.8, 4) is 17.0 Å². The SMILES string of the molecule is CCNC(=O)Nc1c(-c2cccnc2)nc2c(C)nc(C(=O)N(C)c3ccc(F)c(OC)c3)cn12. The van der Waals surface area contributed by atoms with Gasteiger partial charge >= 0.3 is 6.03 Å². The Hall–Kier alpha value is -4.54. The van der Waals surface area contributed by atoms with Crippen LogP contribution in [-0.4, -0.2) is 52.0 Å². The summed E-state index contributed by atoms with van der Waals surface area (Å²) in [5.41, 5.74) is 2.65. The summed E-state index contributed by atoms with van der Waals surface area (Å²) in [5.74, 6) is -0.588. The second-order valence-electron chi connectivity index (χ2n) is 7.62. The smallest absolute Gasteiger partial charge is 0.320 e. The Kier molecular flexibility index (Phi) is 6.58. The van der Waals surface area contributed by atoms with Crippen molar-refractivity contribution in [2.24, 2.45) is 0 Å². The minimum Gasteiger partial charge on any atom is -0.494 e. The Morgan fingerprint density at radius 2 is 2.03 bits per heavy atom. The fourth-order valence-corrected chi connectivity index (χ4v) is 3.58. The summed E-state index contributed by atoms with van der Waals surface area (Å²) >= 11 is 0. The number of fused-ring (bicyclic) bond motifs is 1. The Balaban J connectivity index is 1.81. The molecule has 35 heavy (non-hydrogen) atoms. The van der Waals surface area contributed by atoms with Crippen LogP contribution in [0.25, 0.3) is 16.9 Å². The number of anilines is 2. The first-order valence-electron chi connectivity index (χ1n) is 10.8. The molecule has 0 aliphatic rings. The molecule has 3 amide bonds. The molecule has 0 saturated carbocycles. The summed E-state index contributed by atoms with van der Waals surface area (Å²) in [6.07, 6.45) is 4.78. The Labute approximate surface area is 200 Å². The number of hydrogen-bond donors (Lipinski definition) is 2. The maximum absolute atomic E-state index is 13.8. The molecule has 0 radical (unpaired) electrons. The molecule has 3 heterocycles. The minimum atomic E-state index is -0.532. The largest absolute Gasteiger partial charge is 0.494 e. The highest BCUT2D eigenvalue weighted by Gasteiger charge is 2.23. The number of nitrogens with one attached hydrogen (secondary N) is 2. The molecule has 3 aromatic heterocycles. The van der Waals surface area contributed by atoms with Gasteiger partial charge in [0, 0.05) is 49.5 Å². The highest BCUT2D eigenvalue weighted by atomic mass is 19.1. The first-order valence-corrected chi connectivity index (χ1v) is 10.8. The third kappa shape index (κ3) is 4.60. The summed E-state index contributed by atoms with van der Waals surface area (Å²) in [7, 11) is 2.91. The van der Waals surface area contributed by atoms with E-state index in [0.717, 1.165) is 0 Å². The monoisotopic (exact) mass is 477 g/mol. The van der Waals surface area contributed by atoms with Crippen molar-refractivity contribution in [3.05, 3.63) is 66.1 Å². The van der Waals surface area contributed by atoms with Gasteiger partial charge in [0.2, 0.25) is 0 Å². The highest BCUT2D eigenvalue weighted by molar-refractivity contribution is 6.04. The number of halogens is 1. The van der Waals surface area contributed by atoms with Crippen molar-refractivity contribution < 1.29 is 18.7 Å². The Bertz CT molecular complexity index is 1410. The van der Waals surface area contributed by atoms with Gasteiger partial charge in [0.1, 0.15) is 17.2 Å². The van der Waals surface area contributed by atoms with Gasteiger partial charge in [-0.2, -0.15) is 0 Å². The molecule has 180 valence electrons. The van der Waals surface area contributed by atoms with Crippen molar-refractivity contribution in [2.45, 2.75) is 13.8 Å². The molecule has 1 aromatic carbocycles. The summed E-state index contributed by atoms with van der Waals surface area (Å²) < 4.78 is 20.5. The number of imidazole rings is 1. The van der Waals surface area contributed by atoms with Crippen LogP contribution >= 0.6 is 0 Å².